The highest BCUT2D eigenvalue weighted by Crippen LogP contribution is 2.33. The fourth-order valence-corrected chi connectivity index (χ4v) is 2.27. The van der Waals surface area contributed by atoms with Gasteiger partial charge in [0.2, 0.25) is 0 Å². The maximum atomic E-state index is 13.2. The van der Waals surface area contributed by atoms with Crippen molar-refractivity contribution in [1.82, 2.24) is 0 Å². The van der Waals surface area contributed by atoms with E-state index in [-0.39, 0.29) is 5.82 Å². The van der Waals surface area contributed by atoms with E-state index in [1.54, 1.807) is 6.07 Å². The van der Waals surface area contributed by atoms with Crippen LogP contribution in [0.25, 0.3) is 10.1 Å². The summed E-state index contributed by atoms with van der Waals surface area (Å²) in [4.78, 5) is 0.502. The number of rotatable bonds is 0. The first kappa shape index (κ1) is 7.89. The van der Waals surface area contributed by atoms with Crippen LogP contribution in [0, 0.1) is 5.82 Å². The average molecular weight is 199 g/mol. The van der Waals surface area contributed by atoms with Crippen molar-refractivity contribution in [3.63, 3.8) is 0 Å². The van der Waals surface area contributed by atoms with E-state index in [2.05, 4.69) is 12.6 Å². The van der Waals surface area contributed by atoms with Crippen LogP contribution >= 0.6 is 24.0 Å². The van der Waals surface area contributed by atoms with Crippen LogP contribution in [0.5, 0.6) is 0 Å². The van der Waals surface area contributed by atoms with E-state index < -0.39 is 0 Å². The third-order valence-corrected chi connectivity index (χ3v) is 3.02. The van der Waals surface area contributed by atoms with Gasteiger partial charge < -0.3 is 5.73 Å². The van der Waals surface area contributed by atoms with Gasteiger partial charge in [0, 0.05) is 10.3 Å². The molecule has 1 nitrogen and oxygen atoms in total. The fourth-order valence-electron chi connectivity index (χ4n) is 1.10. The lowest BCUT2D eigenvalue weighted by Crippen LogP contribution is -1.88. The van der Waals surface area contributed by atoms with Gasteiger partial charge in [-0.15, -0.1) is 24.0 Å². The number of nitrogens with two attached hydrogens (primary N) is 1. The van der Waals surface area contributed by atoms with Crippen LogP contribution in [-0.2, 0) is 0 Å². The van der Waals surface area contributed by atoms with Crippen LogP contribution in [0.4, 0.5) is 10.1 Å². The second-order valence-electron chi connectivity index (χ2n) is 2.45. The molecule has 0 saturated carbocycles. The maximum absolute atomic E-state index is 13.2. The number of anilines is 1. The first-order chi connectivity index (χ1) is 5.70. The lowest BCUT2D eigenvalue weighted by Gasteiger charge is -2.00. The van der Waals surface area contributed by atoms with Crippen LogP contribution in [0.15, 0.2) is 22.4 Å². The molecule has 2 N–H and O–H groups in total. The topological polar surface area (TPSA) is 26.0 Å². The molecule has 0 aliphatic heterocycles. The normalized spacial score (nSPS) is 10.8. The Hall–Kier alpha value is -0.740. The number of thiophene rings is 1. The Morgan fingerprint density at radius 2 is 2.25 bits per heavy atom. The maximum Gasteiger partial charge on any atom is 0.133 e. The third kappa shape index (κ3) is 0.990. The van der Waals surface area contributed by atoms with Crippen LogP contribution in [0.3, 0.4) is 0 Å². The van der Waals surface area contributed by atoms with Crippen molar-refractivity contribution in [3.05, 3.63) is 23.3 Å². The molecule has 0 bridgehead atoms. The van der Waals surface area contributed by atoms with Gasteiger partial charge in [0.15, 0.2) is 0 Å². The molecule has 0 spiro atoms. The molecule has 0 radical (unpaired) electrons. The molecule has 1 heterocycles. The van der Waals surface area contributed by atoms with Crippen LogP contribution < -0.4 is 5.73 Å². The van der Waals surface area contributed by atoms with E-state index in [9.17, 15) is 4.39 Å². The van der Waals surface area contributed by atoms with Gasteiger partial charge in [-0.2, -0.15) is 0 Å². The second-order valence-corrected chi connectivity index (χ2v) is 3.85. The minimum Gasteiger partial charge on any atom is -0.397 e. The number of thiol groups is 1. The molecule has 12 heavy (non-hydrogen) atoms. The molecule has 0 saturated heterocycles. The van der Waals surface area contributed by atoms with Gasteiger partial charge in [-0.1, -0.05) is 0 Å². The number of hydrogen-bond donors (Lipinski definition) is 2. The van der Waals surface area contributed by atoms with Gasteiger partial charge in [-0.05, 0) is 17.5 Å². The summed E-state index contributed by atoms with van der Waals surface area (Å²) in [6.45, 7) is 0. The number of halogens is 1. The van der Waals surface area contributed by atoms with Gasteiger partial charge >= 0.3 is 0 Å². The SMILES string of the molecule is Nc1c(S)cc(F)c2ccsc12. The number of hydrogen-bond acceptors (Lipinski definition) is 3. The Morgan fingerprint density at radius 3 is 3.00 bits per heavy atom. The monoisotopic (exact) mass is 199 g/mol. The zero-order valence-electron chi connectivity index (χ0n) is 6.04. The Bertz CT molecular complexity index is 436. The van der Waals surface area contributed by atoms with Gasteiger partial charge in [-0.25, -0.2) is 4.39 Å². The van der Waals surface area contributed by atoms with Crippen molar-refractivity contribution in [1.29, 1.82) is 0 Å². The third-order valence-electron chi connectivity index (χ3n) is 1.71. The largest absolute Gasteiger partial charge is 0.397 e. The summed E-state index contributed by atoms with van der Waals surface area (Å²) < 4.78 is 13.9. The zero-order valence-corrected chi connectivity index (χ0v) is 7.75. The van der Waals surface area contributed by atoms with Crippen molar-refractivity contribution in [2.45, 2.75) is 4.90 Å². The Labute approximate surface area is 78.4 Å². The Balaban J connectivity index is 2.97. The molecule has 0 unspecified atom stereocenters. The molecule has 0 fully saturated rings. The highest BCUT2D eigenvalue weighted by Gasteiger charge is 2.07. The quantitative estimate of drug-likeness (QED) is 0.495. The molecule has 2 aromatic rings. The molecule has 2 rings (SSSR count). The number of benzene rings is 1. The highest BCUT2D eigenvalue weighted by molar-refractivity contribution is 7.80. The van der Waals surface area contributed by atoms with Gasteiger partial charge in [-0.3, -0.25) is 0 Å². The first-order valence-corrected chi connectivity index (χ1v) is 4.67. The molecule has 4 heteroatoms. The summed E-state index contributed by atoms with van der Waals surface area (Å²) in [6.07, 6.45) is 0. The summed E-state index contributed by atoms with van der Waals surface area (Å²) in [5, 5.41) is 2.40. The van der Waals surface area contributed by atoms with Gasteiger partial charge in [0.05, 0.1) is 10.4 Å². The fraction of sp³-hybridized carbons (Fsp3) is 0. The summed E-state index contributed by atoms with van der Waals surface area (Å²) in [5.74, 6) is -0.259. The molecule has 62 valence electrons. The van der Waals surface area contributed by atoms with Crippen molar-refractivity contribution in [3.8, 4) is 0 Å². The van der Waals surface area contributed by atoms with E-state index in [1.165, 1.54) is 17.4 Å². The molecular weight excluding hydrogens is 193 g/mol. The summed E-state index contributed by atoms with van der Waals surface area (Å²) >= 11 is 5.49. The first-order valence-electron chi connectivity index (χ1n) is 3.34. The van der Waals surface area contributed by atoms with E-state index >= 15 is 0 Å². The summed E-state index contributed by atoms with van der Waals surface area (Å²) in [6, 6.07) is 3.06. The Kier molecular flexibility index (Phi) is 1.73. The van der Waals surface area contributed by atoms with Crippen LogP contribution in [0.1, 0.15) is 0 Å². The van der Waals surface area contributed by atoms with Gasteiger partial charge in [0.1, 0.15) is 5.82 Å². The average Bonchev–Trinajstić information content (AvgIpc) is 2.48. The van der Waals surface area contributed by atoms with Crippen LogP contribution in [-0.4, -0.2) is 0 Å². The molecular formula is C8H6FNS2. The van der Waals surface area contributed by atoms with Crippen molar-refractivity contribution in [2.24, 2.45) is 0 Å². The predicted octanol–water partition coefficient (Wildman–Crippen LogP) is 2.91. The van der Waals surface area contributed by atoms with E-state index in [0.29, 0.717) is 16.0 Å². The zero-order chi connectivity index (χ0) is 8.72. The standard InChI is InChI=1S/C8H6FNS2/c9-5-3-6(11)7(10)8-4(5)1-2-12-8/h1-3,11H,10H2. The Morgan fingerprint density at radius 1 is 1.50 bits per heavy atom. The molecule has 1 aromatic carbocycles. The predicted molar refractivity (Wildman–Crippen MR) is 53.4 cm³/mol. The van der Waals surface area contributed by atoms with E-state index in [4.69, 9.17) is 5.73 Å². The lowest BCUT2D eigenvalue weighted by atomic mass is 10.2. The number of fused-ring (bicyclic) bond motifs is 1. The van der Waals surface area contributed by atoms with Crippen molar-refractivity contribution >= 4 is 39.7 Å². The molecule has 0 aliphatic carbocycles. The molecule has 0 aliphatic rings. The minimum atomic E-state index is -0.259. The summed E-state index contributed by atoms with van der Waals surface area (Å²) in [5.41, 5.74) is 6.26. The molecule has 1 aromatic heterocycles. The van der Waals surface area contributed by atoms with E-state index in [0.717, 1.165) is 4.70 Å². The molecule has 0 amide bonds. The van der Waals surface area contributed by atoms with Gasteiger partial charge in [0.25, 0.3) is 0 Å². The molecule has 0 atom stereocenters. The minimum absolute atomic E-state index is 0.259. The highest BCUT2D eigenvalue weighted by atomic mass is 32.1. The smallest absolute Gasteiger partial charge is 0.133 e. The lowest BCUT2D eigenvalue weighted by molar-refractivity contribution is 0.637. The van der Waals surface area contributed by atoms with Crippen LogP contribution in [0.2, 0.25) is 0 Å². The number of nitrogen functional groups attached to an aromatic ring is 1. The van der Waals surface area contributed by atoms with Crippen molar-refractivity contribution in [2.75, 3.05) is 5.73 Å². The second kappa shape index (κ2) is 2.64. The van der Waals surface area contributed by atoms with Crippen molar-refractivity contribution < 1.29 is 4.39 Å². The van der Waals surface area contributed by atoms with E-state index in [1.807, 2.05) is 5.38 Å². The summed E-state index contributed by atoms with van der Waals surface area (Å²) in [7, 11) is 0.